The molecule has 0 bridgehead atoms. The molecule has 3 aromatic heterocycles. The first kappa shape index (κ1) is 16.8. The smallest absolute Gasteiger partial charge is 0.274 e. The minimum absolute atomic E-state index is 0.0677. The van der Waals surface area contributed by atoms with Crippen LogP contribution in [0, 0.1) is 11.3 Å². The van der Waals surface area contributed by atoms with Crippen molar-refractivity contribution in [3.8, 4) is 6.07 Å². The van der Waals surface area contributed by atoms with Gasteiger partial charge in [-0.25, -0.2) is 4.98 Å². The van der Waals surface area contributed by atoms with Crippen molar-refractivity contribution in [3.05, 3.63) is 59.2 Å². The summed E-state index contributed by atoms with van der Waals surface area (Å²) in [6.07, 6.45) is 3.81. The molecule has 4 heterocycles. The molecule has 0 atom stereocenters. The van der Waals surface area contributed by atoms with Gasteiger partial charge in [-0.05, 0) is 36.4 Å². The SMILES string of the molecule is N#Cc1c(Nc2cccs2)c2ccccc2n2cc(C(=O)N3CCCC3)nc12. The van der Waals surface area contributed by atoms with Gasteiger partial charge in [0.15, 0.2) is 5.65 Å². The Hall–Kier alpha value is -3.37. The predicted octanol–water partition coefficient (Wildman–Crippen LogP) is 4.40. The molecular formula is C21H17N5OS. The topological polar surface area (TPSA) is 73.4 Å². The van der Waals surface area contributed by atoms with Crippen LogP contribution in [0.25, 0.3) is 16.6 Å². The first-order valence-electron chi connectivity index (χ1n) is 9.20. The summed E-state index contributed by atoms with van der Waals surface area (Å²) in [7, 11) is 0. The largest absolute Gasteiger partial charge is 0.346 e. The number of para-hydroxylation sites is 1. The van der Waals surface area contributed by atoms with Crippen molar-refractivity contribution in [3.63, 3.8) is 0 Å². The Kier molecular flexibility index (Phi) is 3.99. The molecule has 0 radical (unpaired) electrons. The molecule has 7 heteroatoms. The second-order valence-corrected chi connectivity index (χ2v) is 7.75. The number of aromatic nitrogens is 2. The number of anilines is 2. The fourth-order valence-corrected chi connectivity index (χ4v) is 4.40. The second-order valence-electron chi connectivity index (χ2n) is 6.80. The molecule has 5 rings (SSSR count). The molecule has 1 amide bonds. The van der Waals surface area contributed by atoms with Gasteiger partial charge >= 0.3 is 0 Å². The maximum atomic E-state index is 12.8. The average molecular weight is 387 g/mol. The molecule has 1 fully saturated rings. The molecule has 1 N–H and O–H groups in total. The molecule has 28 heavy (non-hydrogen) atoms. The third kappa shape index (κ3) is 2.62. The number of amides is 1. The van der Waals surface area contributed by atoms with Gasteiger partial charge < -0.3 is 10.2 Å². The van der Waals surface area contributed by atoms with E-state index in [-0.39, 0.29) is 5.91 Å². The summed E-state index contributed by atoms with van der Waals surface area (Å²) in [5, 5.41) is 17.2. The number of carbonyl (C=O) groups is 1. The van der Waals surface area contributed by atoms with E-state index in [9.17, 15) is 10.1 Å². The molecule has 1 saturated heterocycles. The quantitative estimate of drug-likeness (QED) is 0.565. The number of fused-ring (bicyclic) bond motifs is 3. The summed E-state index contributed by atoms with van der Waals surface area (Å²) in [4.78, 5) is 19.3. The molecule has 138 valence electrons. The van der Waals surface area contributed by atoms with E-state index in [0.717, 1.165) is 47.5 Å². The van der Waals surface area contributed by atoms with Gasteiger partial charge in [0.25, 0.3) is 5.91 Å². The number of likely N-dealkylation sites (tertiary alicyclic amines) is 1. The molecule has 1 aromatic carbocycles. The van der Waals surface area contributed by atoms with Gasteiger partial charge in [0, 0.05) is 24.7 Å². The Morgan fingerprint density at radius 1 is 1.18 bits per heavy atom. The van der Waals surface area contributed by atoms with Crippen molar-refractivity contribution in [2.45, 2.75) is 12.8 Å². The van der Waals surface area contributed by atoms with Crippen molar-refractivity contribution >= 4 is 44.5 Å². The van der Waals surface area contributed by atoms with Crippen molar-refractivity contribution in [2.75, 3.05) is 18.4 Å². The molecule has 0 aliphatic carbocycles. The molecule has 1 aliphatic heterocycles. The number of benzene rings is 1. The summed E-state index contributed by atoms with van der Waals surface area (Å²) < 4.78 is 1.86. The van der Waals surface area contributed by atoms with Crippen LogP contribution in [0.4, 0.5) is 10.7 Å². The minimum atomic E-state index is -0.0677. The van der Waals surface area contributed by atoms with E-state index in [2.05, 4.69) is 16.4 Å². The van der Waals surface area contributed by atoms with Gasteiger partial charge in [0.05, 0.1) is 16.2 Å². The van der Waals surface area contributed by atoms with E-state index in [1.165, 1.54) is 0 Å². The summed E-state index contributed by atoms with van der Waals surface area (Å²) >= 11 is 1.57. The summed E-state index contributed by atoms with van der Waals surface area (Å²) in [6.45, 7) is 1.54. The Morgan fingerprint density at radius 2 is 2.00 bits per heavy atom. The van der Waals surface area contributed by atoms with Crippen LogP contribution >= 0.6 is 11.3 Å². The van der Waals surface area contributed by atoms with Crippen LogP contribution in [0.5, 0.6) is 0 Å². The Morgan fingerprint density at radius 3 is 2.75 bits per heavy atom. The highest BCUT2D eigenvalue weighted by Gasteiger charge is 2.24. The van der Waals surface area contributed by atoms with E-state index in [1.807, 2.05) is 51.1 Å². The fourth-order valence-electron chi connectivity index (χ4n) is 3.78. The number of hydrogen-bond donors (Lipinski definition) is 1. The van der Waals surface area contributed by atoms with E-state index >= 15 is 0 Å². The van der Waals surface area contributed by atoms with Gasteiger partial charge in [-0.2, -0.15) is 5.26 Å². The van der Waals surface area contributed by atoms with E-state index in [4.69, 9.17) is 0 Å². The Labute approximate surface area is 165 Å². The first-order valence-corrected chi connectivity index (χ1v) is 10.1. The van der Waals surface area contributed by atoms with Crippen LogP contribution in [-0.4, -0.2) is 33.3 Å². The van der Waals surface area contributed by atoms with Gasteiger partial charge in [0.2, 0.25) is 0 Å². The summed E-state index contributed by atoms with van der Waals surface area (Å²) in [5.41, 5.74) is 2.95. The third-order valence-electron chi connectivity index (χ3n) is 5.11. The number of nitrogens with one attached hydrogen (secondary N) is 1. The zero-order chi connectivity index (χ0) is 19.1. The van der Waals surface area contributed by atoms with E-state index < -0.39 is 0 Å². The number of rotatable bonds is 3. The highest BCUT2D eigenvalue weighted by molar-refractivity contribution is 7.14. The van der Waals surface area contributed by atoms with Crippen LogP contribution in [-0.2, 0) is 0 Å². The van der Waals surface area contributed by atoms with Crippen LogP contribution in [0.3, 0.4) is 0 Å². The molecule has 4 aromatic rings. The molecule has 6 nitrogen and oxygen atoms in total. The highest BCUT2D eigenvalue weighted by Crippen LogP contribution is 2.34. The summed E-state index contributed by atoms with van der Waals surface area (Å²) in [6, 6.07) is 14.1. The maximum absolute atomic E-state index is 12.8. The lowest BCUT2D eigenvalue weighted by atomic mass is 10.1. The highest BCUT2D eigenvalue weighted by atomic mass is 32.1. The minimum Gasteiger partial charge on any atom is -0.346 e. The lowest BCUT2D eigenvalue weighted by Crippen LogP contribution is -2.27. The monoisotopic (exact) mass is 387 g/mol. The van der Waals surface area contributed by atoms with Gasteiger partial charge in [-0.3, -0.25) is 9.20 Å². The number of thiophene rings is 1. The molecular weight excluding hydrogens is 370 g/mol. The van der Waals surface area contributed by atoms with Crippen molar-refractivity contribution in [2.24, 2.45) is 0 Å². The fraction of sp³-hybridized carbons (Fsp3) is 0.190. The number of nitriles is 1. The van der Waals surface area contributed by atoms with Gasteiger partial charge in [0.1, 0.15) is 17.3 Å². The number of imidazole rings is 1. The Bertz CT molecular complexity index is 1230. The first-order chi connectivity index (χ1) is 13.8. The standard InChI is InChI=1S/C21H17N5OS/c22-12-15-19(24-18-8-5-11-28-18)14-6-1-2-7-17(14)26-13-16(23-20(15)26)21(27)25-9-3-4-10-25/h1-2,5-8,11,13,24H,3-4,9-10H2. The van der Waals surface area contributed by atoms with Crippen LogP contribution < -0.4 is 5.32 Å². The normalized spacial score (nSPS) is 13.9. The van der Waals surface area contributed by atoms with Crippen LogP contribution in [0.1, 0.15) is 28.9 Å². The number of hydrogen-bond acceptors (Lipinski definition) is 5. The van der Waals surface area contributed by atoms with Crippen molar-refractivity contribution < 1.29 is 4.79 Å². The molecule has 0 saturated carbocycles. The lowest BCUT2D eigenvalue weighted by Gasteiger charge is -2.12. The second kappa shape index (κ2) is 6.66. The number of carbonyl (C=O) groups excluding carboxylic acids is 1. The number of pyridine rings is 1. The van der Waals surface area contributed by atoms with Crippen LogP contribution in [0.2, 0.25) is 0 Å². The Balaban J connectivity index is 1.75. The molecule has 0 spiro atoms. The summed E-state index contributed by atoms with van der Waals surface area (Å²) in [5.74, 6) is -0.0677. The van der Waals surface area contributed by atoms with Gasteiger partial charge in [-0.15, -0.1) is 11.3 Å². The molecule has 0 unspecified atom stereocenters. The zero-order valence-corrected chi connectivity index (χ0v) is 15.9. The van der Waals surface area contributed by atoms with Crippen LogP contribution in [0.15, 0.2) is 48.0 Å². The maximum Gasteiger partial charge on any atom is 0.274 e. The van der Waals surface area contributed by atoms with E-state index in [1.54, 1.807) is 17.5 Å². The predicted molar refractivity (Wildman–Crippen MR) is 110 cm³/mol. The van der Waals surface area contributed by atoms with Gasteiger partial charge in [-0.1, -0.05) is 18.2 Å². The molecule has 1 aliphatic rings. The average Bonchev–Trinajstić information content (AvgIpc) is 3.48. The number of nitrogens with zero attached hydrogens (tertiary/aromatic N) is 4. The zero-order valence-electron chi connectivity index (χ0n) is 15.1. The third-order valence-corrected chi connectivity index (χ3v) is 5.89. The lowest BCUT2D eigenvalue weighted by molar-refractivity contribution is 0.0787. The van der Waals surface area contributed by atoms with E-state index in [0.29, 0.717) is 16.9 Å². The van der Waals surface area contributed by atoms with Crippen molar-refractivity contribution in [1.82, 2.24) is 14.3 Å². The van der Waals surface area contributed by atoms with Crippen molar-refractivity contribution in [1.29, 1.82) is 5.26 Å².